The molecule has 21 heavy (non-hydrogen) atoms. The van der Waals surface area contributed by atoms with Crippen LogP contribution < -0.4 is 15.9 Å². The Labute approximate surface area is 119 Å². The molecule has 2 rings (SSSR count). The van der Waals surface area contributed by atoms with E-state index < -0.39 is 5.91 Å². The van der Waals surface area contributed by atoms with Gasteiger partial charge in [-0.15, -0.1) is 0 Å². The molecule has 0 atom stereocenters. The van der Waals surface area contributed by atoms with Gasteiger partial charge in [-0.25, -0.2) is 10.1 Å². The summed E-state index contributed by atoms with van der Waals surface area (Å²) in [5, 5.41) is 23.8. The summed E-state index contributed by atoms with van der Waals surface area (Å²) in [4.78, 5) is 11.6. The number of carbonyl (C=O) groups is 1. The number of hydrazone groups is 1. The first-order valence-electron chi connectivity index (χ1n) is 5.81. The van der Waals surface area contributed by atoms with Crippen molar-refractivity contribution in [3.8, 4) is 11.5 Å². The van der Waals surface area contributed by atoms with Crippen LogP contribution in [0.4, 0.5) is 5.95 Å². The van der Waals surface area contributed by atoms with Crippen LogP contribution in [0.1, 0.15) is 5.56 Å². The average molecular weight is 291 g/mol. The Morgan fingerprint density at radius 3 is 3.10 bits per heavy atom. The Morgan fingerprint density at radius 2 is 2.43 bits per heavy atom. The normalized spacial score (nSPS) is 10.7. The van der Waals surface area contributed by atoms with E-state index in [1.165, 1.54) is 13.3 Å². The van der Waals surface area contributed by atoms with Gasteiger partial charge in [0.25, 0.3) is 5.91 Å². The molecule has 0 radical (unpaired) electrons. The van der Waals surface area contributed by atoms with Gasteiger partial charge in [-0.05, 0) is 22.6 Å². The van der Waals surface area contributed by atoms with Crippen LogP contribution in [0.2, 0.25) is 0 Å². The number of phenols is 1. The summed E-state index contributed by atoms with van der Waals surface area (Å²) in [5.41, 5.74) is 8.09. The summed E-state index contributed by atoms with van der Waals surface area (Å²) in [6, 6.07) is 4.90. The van der Waals surface area contributed by atoms with Gasteiger partial charge in [0.15, 0.2) is 11.5 Å². The number of hydrogen-bond acceptors (Lipinski definition) is 8. The second kappa shape index (κ2) is 6.32. The van der Waals surface area contributed by atoms with E-state index in [1.807, 2.05) is 0 Å². The molecule has 10 heteroatoms. The number of nitrogens with two attached hydrogens (primary N) is 1. The largest absolute Gasteiger partial charge is 0.504 e. The number of methoxy groups -OCH3 is 1. The molecule has 1 heterocycles. The van der Waals surface area contributed by atoms with Gasteiger partial charge in [0.2, 0.25) is 5.95 Å². The highest BCUT2D eigenvalue weighted by atomic mass is 16.5. The van der Waals surface area contributed by atoms with E-state index in [0.29, 0.717) is 11.3 Å². The van der Waals surface area contributed by atoms with Gasteiger partial charge in [0.1, 0.15) is 6.54 Å². The van der Waals surface area contributed by atoms with Crippen molar-refractivity contribution in [1.29, 1.82) is 0 Å². The van der Waals surface area contributed by atoms with E-state index in [9.17, 15) is 9.90 Å². The zero-order valence-corrected chi connectivity index (χ0v) is 11.1. The highest BCUT2D eigenvalue weighted by Crippen LogP contribution is 2.27. The Bertz CT molecular complexity index is 668. The minimum absolute atomic E-state index is 0.0274. The fourth-order valence-electron chi connectivity index (χ4n) is 1.48. The molecule has 1 amide bonds. The number of aromatic nitrogens is 4. The molecular weight excluding hydrogens is 278 g/mol. The van der Waals surface area contributed by atoms with Gasteiger partial charge >= 0.3 is 0 Å². The van der Waals surface area contributed by atoms with Crippen LogP contribution in [0, 0.1) is 0 Å². The molecular formula is C11H13N7O3. The third kappa shape index (κ3) is 3.43. The van der Waals surface area contributed by atoms with Crippen LogP contribution >= 0.6 is 0 Å². The lowest BCUT2D eigenvalue weighted by atomic mass is 10.2. The lowest BCUT2D eigenvalue weighted by molar-refractivity contribution is -0.121. The smallest absolute Gasteiger partial charge is 0.261 e. The molecule has 0 aliphatic rings. The summed E-state index contributed by atoms with van der Waals surface area (Å²) >= 11 is 0. The molecule has 0 unspecified atom stereocenters. The molecule has 10 nitrogen and oxygen atoms in total. The quantitative estimate of drug-likeness (QED) is 0.480. The predicted molar refractivity (Wildman–Crippen MR) is 72.6 cm³/mol. The lowest BCUT2D eigenvalue weighted by Crippen LogP contribution is -2.24. The monoisotopic (exact) mass is 291 g/mol. The standard InChI is InChI=1S/C11H13N7O3/c1-21-8-4-2-3-7(10(8)20)5-13-14-9(19)6-18-11(12)15-16-17-18/h2-5,20H,6H2,1H3,(H,14,19)(H2,12,15,17). The van der Waals surface area contributed by atoms with Crippen molar-refractivity contribution >= 4 is 18.1 Å². The maximum Gasteiger partial charge on any atom is 0.261 e. The highest BCUT2D eigenvalue weighted by Gasteiger charge is 2.07. The molecule has 4 N–H and O–H groups in total. The zero-order valence-electron chi connectivity index (χ0n) is 11.1. The molecule has 0 spiro atoms. The van der Waals surface area contributed by atoms with Gasteiger partial charge < -0.3 is 15.6 Å². The molecule has 1 aromatic heterocycles. The van der Waals surface area contributed by atoms with E-state index in [2.05, 4.69) is 26.1 Å². The second-order valence-electron chi connectivity index (χ2n) is 3.89. The van der Waals surface area contributed by atoms with Gasteiger partial charge in [-0.3, -0.25) is 4.79 Å². The van der Waals surface area contributed by atoms with Crippen LogP contribution in [0.3, 0.4) is 0 Å². The highest BCUT2D eigenvalue weighted by molar-refractivity contribution is 5.86. The van der Waals surface area contributed by atoms with Crippen molar-refractivity contribution in [2.45, 2.75) is 6.54 Å². The van der Waals surface area contributed by atoms with E-state index >= 15 is 0 Å². The SMILES string of the molecule is COc1cccc(C=NNC(=O)Cn2nnnc2N)c1O. The van der Waals surface area contributed by atoms with Gasteiger partial charge in [0, 0.05) is 5.56 Å². The zero-order chi connectivity index (χ0) is 15.2. The third-order valence-corrected chi connectivity index (χ3v) is 2.50. The molecule has 0 fully saturated rings. The summed E-state index contributed by atoms with van der Waals surface area (Å²) in [6.45, 7) is -0.166. The number of phenolic OH excluding ortho intramolecular Hbond substituents is 1. The Hall–Kier alpha value is -3.17. The molecule has 0 aliphatic carbocycles. The molecule has 110 valence electrons. The van der Waals surface area contributed by atoms with Crippen LogP contribution in [-0.4, -0.2) is 44.5 Å². The minimum Gasteiger partial charge on any atom is -0.504 e. The summed E-state index contributed by atoms with van der Waals surface area (Å²) in [7, 11) is 1.44. The van der Waals surface area contributed by atoms with Crippen molar-refractivity contribution in [2.75, 3.05) is 12.8 Å². The van der Waals surface area contributed by atoms with Crippen LogP contribution in [-0.2, 0) is 11.3 Å². The first-order valence-corrected chi connectivity index (χ1v) is 5.81. The maximum absolute atomic E-state index is 11.6. The first-order chi connectivity index (χ1) is 10.1. The van der Waals surface area contributed by atoms with E-state index in [4.69, 9.17) is 10.5 Å². The number of hydrogen-bond donors (Lipinski definition) is 3. The Kier molecular flexibility index (Phi) is 4.29. The van der Waals surface area contributed by atoms with Crippen LogP contribution in [0.5, 0.6) is 11.5 Å². The fourth-order valence-corrected chi connectivity index (χ4v) is 1.48. The molecule has 2 aromatic rings. The van der Waals surface area contributed by atoms with Crippen molar-refractivity contribution in [3.05, 3.63) is 23.8 Å². The number of nitrogens with one attached hydrogen (secondary N) is 1. The lowest BCUT2D eigenvalue weighted by Gasteiger charge is -2.05. The number of benzene rings is 1. The van der Waals surface area contributed by atoms with Gasteiger partial charge in [0.05, 0.1) is 13.3 Å². The van der Waals surface area contributed by atoms with Crippen molar-refractivity contribution < 1.29 is 14.6 Å². The Balaban J connectivity index is 1.96. The van der Waals surface area contributed by atoms with E-state index in [1.54, 1.807) is 18.2 Å². The number of carbonyl (C=O) groups excluding carboxylic acids is 1. The molecule has 0 aliphatic heterocycles. The van der Waals surface area contributed by atoms with Gasteiger partial charge in [-0.2, -0.15) is 5.10 Å². The van der Waals surface area contributed by atoms with Gasteiger partial charge in [-0.1, -0.05) is 11.2 Å². The first kappa shape index (κ1) is 14.2. The second-order valence-corrected chi connectivity index (χ2v) is 3.89. The number of nitrogen functional groups attached to an aromatic ring is 1. The van der Waals surface area contributed by atoms with E-state index in [-0.39, 0.29) is 18.2 Å². The van der Waals surface area contributed by atoms with Crippen molar-refractivity contribution in [1.82, 2.24) is 25.6 Å². The number of rotatable bonds is 5. The number of aromatic hydroxyl groups is 1. The number of tetrazole rings is 1. The topological polar surface area (TPSA) is 141 Å². The fraction of sp³-hybridized carbons (Fsp3) is 0.182. The van der Waals surface area contributed by atoms with Crippen LogP contribution in [0.15, 0.2) is 23.3 Å². The van der Waals surface area contributed by atoms with E-state index in [0.717, 1.165) is 4.68 Å². The number of nitrogens with zero attached hydrogens (tertiary/aromatic N) is 5. The number of anilines is 1. The Morgan fingerprint density at radius 1 is 1.62 bits per heavy atom. The molecule has 0 bridgehead atoms. The summed E-state index contributed by atoms with van der Waals surface area (Å²) < 4.78 is 6.08. The van der Waals surface area contributed by atoms with Crippen molar-refractivity contribution in [2.24, 2.45) is 5.10 Å². The maximum atomic E-state index is 11.6. The molecule has 0 saturated carbocycles. The third-order valence-electron chi connectivity index (χ3n) is 2.50. The molecule has 0 saturated heterocycles. The number of para-hydroxylation sites is 1. The summed E-state index contributed by atoms with van der Waals surface area (Å²) in [6.07, 6.45) is 1.29. The van der Waals surface area contributed by atoms with Crippen LogP contribution in [0.25, 0.3) is 0 Å². The number of amides is 1. The predicted octanol–water partition coefficient (Wildman–Crippen LogP) is -0.880. The van der Waals surface area contributed by atoms with Crippen molar-refractivity contribution in [3.63, 3.8) is 0 Å². The molecule has 1 aromatic carbocycles. The number of ether oxygens (including phenoxy) is 1. The summed E-state index contributed by atoms with van der Waals surface area (Å²) in [5.74, 6) is -0.193. The average Bonchev–Trinajstić information content (AvgIpc) is 2.86. The minimum atomic E-state index is -0.465.